The summed E-state index contributed by atoms with van der Waals surface area (Å²) in [4.78, 5) is 73.8. The molecule has 1 saturated carbocycles. The quantitative estimate of drug-likeness (QED) is 0.0586. The van der Waals surface area contributed by atoms with Crippen molar-refractivity contribution in [3.8, 4) is 29.2 Å². The van der Waals surface area contributed by atoms with Crippen LogP contribution in [0, 0.1) is 31.1 Å². The molecule has 4 aromatic heterocycles. The second-order valence-corrected chi connectivity index (χ2v) is 26.7. The lowest BCUT2D eigenvalue weighted by Gasteiger charge is -2.36. The van der Waals surface area contributed by atoms with Crippen molar-refractivity contribution in [2.45, 2.75) is 108 Å². The molecule has 4 aromatic carbocycles. The number of piperazine rings is 1. The van der Waals surface area contributed by atoms with Crippen molar-refractivity contribution < 1.29 is 42.0 Å². The highest BCUT2D eigenvalue weighted by atomic mass is 32.2. The van der Waals surface area contributed by atoms with Crippen LogP contribution in [0.1, 0.15) is 113 Å². The van der Waals surface area contributed by atoms with Crippen molar-refractivity contribution in [1.82, 2.24) is 39.8 Å². The largest absolute Gasteiger partial charge is 0.496 e. The van der Waals surface area contributed by atoms with E-state index in [1.165, 1.54) is 54.7 Å². The number of aliphatic hydroxyl groups is 1. The number of carbonyl (C=O) groups is 4. The maximum absolute atomic E-state index is 14.7. The molecule has 2 saturated heterocycles. The van der Waals surface area contributed by atoms with E-state index in [0.29, 0.717) is 108 Å². The first-order valence-electron chi connectivity index (χ1n) is 30.6. The van der Waals surface area contributed by atoms with E-state index in [-0.39, 0.29) is 47.8 Å². The lowest BCUT2D eigenvalue weighted by molar-refractivity contribution is -0.141. The van der Waals surface area contributed by atoms with E-state index in [9.17, 15) is 32.7 Å². The first-order chi connectivity index (χ1) is 43.5. The number of hydrogen-bond acceptors (Lipinski definition) is 17. The molecule has 0 radical (unpaired) electrons. The molecule has 4 N–H and O–H groups in total. The third kappa shape index (κ3) is 12.9. The van der Waals surface area contributed by atoms with Gasteiger partial charge in [-0.05, 0) is 116 Å². The predicted molar refractivity (Wildman–Crippen MR) is 344 cm³/mol. The number of benzene rings is 4. The number of pyridine rings is 1. The Kier molecular flexibility index (Phi) is 17.8. The predicted octanol–water partition coefficient (Wildman–Crippen LogP) is 8.70. The van der Waals surface area contributed by atoms with Gasteiger partial charge >= 0.3 is 0 Å². The van der Waals surface area contributed by atoms with Crippen LogP contribution < -0.4 is 34.8 Å². The normalized spacial score (nSPS) is 17.5. The number of nitrogens with one attached hydrogen (secondary N) is 3. The van der Waals surface area contributed by atoms with Crippen LogP contribution in [0.4, 0.5) is 22.5 Å². The number of sulfonamides is 1. The zero-order chi connectivity index (χ0) is 62.8. The van der Waals surface area contributed by atoms with Crippen molar-refractivity contribution >= 4 is 77.7 Å². The van der Waals surface area contributed by atoms with Crippen molar-refractivity contribution in [2.24, 2.45) is 11.8 Å². The molecule has 3 atom stereocenters. The van der Waals surface area contributed by atoms with Crippen LogP contribution in [0.25, 0.3) is 21.3 Å². The number of methoxy groups -OCH3 is 1. The average Bonchev–Trinajstić information content (AvgIpc) is 2.00. The molecule has 12 rings (SSSR count). The first kappa shape index (κ1) is 61.1. The third-order valence-electron chi connectivity index (χ3n) is 17.9. The Bertz CT molecular complexity index is 4130. The van der Waals surface area contributed by atoms with Gasteiger partial charge in [-0.25, -0.2) is 23.1 Å². The number of aromatic nitrogens is 5. The SMILES string of the molecule is C#Cc1ccc(CNC(=O)[C@@H]2C[C@@H](O)CN2C(=O)[C@@H](c2cc(N3CCN(c4ccc(S(=O)(=O)NC(=O)c5nc(N6CCc7cccc(C(=O)Nc8nc9ccccc9s8)c7C6)ccc5-c5cnn(CC6CCCCC6)c5C)cc4)CC3)no2)C(C)C)c(OC)c1. The van der Waals surface area contributed by atoms with E-state index in [1.807, 2.05) is 83.8 Å². The zero-order valence-corrected chi connectivity index (χ0v) is 52.4. The fraction of sp³-hybridized carbons (Fsp3) is 0.373. The first-order valence-corrected chi connectivity index (χ1v) is 32.9. The summed E-state index contributed by atoms with van der Waals surface area (Å²) in [5, 5.41) is 26.3. The minimum Gasteiger partial charge on any atom is -0.496 e. The van der Waals surface area contributed by atoms with E-state index < -0.39 is 39.9 Å². The number of thiazole rings is 1. The summed E-state index contributed by atoms with van der Waals surface area (Å²) >= 11 is 1.40. The van der Waals surface area contributed by atoms with Crippen LogP contribution in [-0.4, -0.2) is 125 Å². The third-order valence-corrected chi connectivity index (χ3v) is 20.2. The number of amides is 4. The van der Waals surface area contributed by atoms with Gasteiger partial charge in [0, 0.05) is 111 Å². The smallest absolute Gasteiger partial charge is 0.284 e. The molecule has 0 bridgehead atoms. The second kappa shape index (κ2) is 26.1. The fourth-order valence-electron chi connectivity index (χ4n) is 12.9. The summed E-state index contributed by atoms with van der Waals surface area (Å²) in [6, 6.07) is 29.5. The van der Waals surface area contributed by atoms with Gasteiger partial charge in [0.25, 0.3) is 21.8 Å². The van der Waals surface area contributed by atoms with E-state index in [4.69, 9.17) is 25.8 Å². The summed E-state index contributed by atoms with van der Waals surface area (Å²) in [6.45, 7) is 9.60. The number of terminal acetylenes is 1. The number of likely N-dealkylation sites (tertiary alicyclic amines) is 1. The molecule has 466 valence electrons. The number of rotatable bonds is 18. The van der Waals surface area contributed by atoms with Gasteiger partial charge in [0.1, 0.15) is 29.2 Å². The molecule has 21 nitrogen and oxygen atoms in total. The van der Waals surface area contributed by atoms with Gasteiger partial charge in [0.15, 0.2) is 16.7 Å². The topological polar surface area (TPSA) is 251 Å². The number of β-amino-alcohol motifs (C(OH)–C–C–N with tert-alkyl or cyclic N) is 1. The Morgan fingerprint density at radius 2 is 1.63 bits per heavy atom. The number of anilines is 4. The van der Waals surface area contributed by atoms with Gasteiger partial charge in [-0.1, -0.05) is 85.9 Å². The summed E-state index contributed by atoms with van der Waals surface area (Å²) in [5.74, 6) is 1.94. The molecule has 90 heavy (non-hydrogen) atoms. The minimum absolute atomic E-state index is 0.0127. The molecule has 23 heteroatoms. The molecule has 4 aliphatic rings. The van der Waals surface area contributed by atoms with Crippen molar-refractivity contribution in [3.63, 3.8) is 0 Å². The Balaban J connectivity index is 0.715. The van der Waals surface area contributed by atoms with Gasteiger partial charge in [-0.2, -0.15) is 5.10 Å². The maximum Gasteiger partial charge on any atom is 0.284 e. The Morgan fingerprint density at radius 3 is 2.39 bits per heavy atom. The highest BCUT2D eigenvalue weighted by Crippen LogP contribution is 2.37. The molecule has 0 spiro atoms. The number of ether oxygens (including phenoxy) is 1. The van der Waals surface area contributed by atoms with Gasteiger partial charge in [-0.15, -0.1) is 6.42 Å². The summed E-state index contributed by atoms with van der Waals surface area (Å²) in [7, 11) is -2.92. The van der Waals surface area contributed by atoms with Crippen LogP contribution in [-0.2, 0) is 45.7 Å². The van der Waals surface area contributed by atoms with Crippen LogP contribution in [0.15, 0.2) is 119 Å². The summed E-state index contributed by atoms with van der Waals surface area (Å²) < 4.78 is 45.3. The number of nitrogens with zero attached hydrogens (tertiary/aromatic N) is 9. The second-order valence-electron chi connectivity index (χ2n) is 23.9. The molecular formula is C67H72N12O9S2. The lowest BCUT2D eigenvalue weighted by Crippen LogP contribution is -2.48. The van der Waals surface area contributed by atoms with Crippen molar-refractivity contribution in [2.75, 3.05) is 66.4 Å². The molecule has 1 aliphatic carbocycles. The Morgan fingerprint density at radius 1 is 0.856 bits per heavy atom. The van der Waals surface area contributed by atoms with E-state index in [0.717, 1.165) is 52.1 Å². The average molecular weight is 1250 g/mol. The molecule has 3 fully saturated rings. The number of hydrogen-bond donors (Lipinski definition) is 4. The standard InChI is InChI=1S/C67H72N12O9S2/c1-6-43-19-20-46(56(33-43)87-5)36-68-64(82)55-34-48(80)39-78(55)66(84)61(41(2)3)57-35-60(73-88-57)76-31-29-75(30-32-76)47-21-23-49(24-22-47)90(85,86)74-65(83)62-50(52-37-69-79(42(52)4)38-44-13-8-7-9-14-44)25-26-59(71-62)77-28-27-45-15-12-16-51(53(45)40-77)63(81)72-67-70-54-17-10-11-18-58(54)89-67/h1,10-12,15-26,33,35,37,41,44,48,55,61,80H,7-9,13-14,27-32,34,36,38-40H2,2-5H3,(H,68,82)(H,74,83)(H,70,72,81)/t48-,55+,61-/m1/s1. The molecule has 0 unspecified atom stereocenters. The number of fused-ring (bicyclic) bond motifs is 2. The summed E-state index contributed by atoms with van der Waals surface area (Å²) in [5.41, 5.74) is 7.15. The number of carbonyl (C=O) groups excluding carboxylic acids is 4. The van der Waals surface area contributed by atoms with Crippen LogP contribution >= 0.6 is 11.3 Å². The Hall–Kier alpha value is -9.11. The van der Waals surface area contributed by atoms with Gasteiger partial charge in [-0.3, -0.25) is 29.2 Å². The van der Waals surface area contributed by atoms with Crippen LogP contribution in [0.2, 0.25) is 0 Å². The fourth-order valence-corrected chi connectivity index (χ4v) is 14.8. The number of para-hydroxylation sites is 1. The highest BCUT2D eigenvalue weighted by molar-refractivity contribution is 7.90. The van der Waals surface area contributed by atoms with E-state index >= 15 is 0 Å². The highest BCUT2D eigenvalue weighted by Gasteiger charge is 2.44. The van der Waals surface area contributed by atoms with Crippen LogP contribution in [0.3, 0.4) is 0 Å². The van der Waals surface area contributed by atoms with Crippen molar-refractivity contribution in [3.05, 3.63) is 154 Å². The summed E-state index contributed by atoms with van der Waals surface area (Å²) in [6.07, 6.45) is 12.9. The zero-order valence-electron chi connectivity index (χ0n) is 50.7. The lowest BCUT2D eigenvalue weighted by atomic mass is 9.89. The molecule has 4 amide bonds. The van der Waals surface area contributed by atoms with E-state index in [2.05, 4.69) is 36.3 Å². The van der Waals surface area contributed by atoms with Gasteiger partial charge in [0.2, 0.25) is 11.8 Å². The van der Waals surface area contributed by atoms with Gasteiger partial charge < -0.3 is 39.3 Å². The van der Waals surface area contributed by atoms with Crippen LogP contribution in [0.5, 0.6) is 5.75 Å². The minimum atomic E-state index is -4.44. The maximum atomic E-state index is 14.7. The molecule has 7 heterocycles. The van der Waals surface area contributed by atoms with Gasteiger partial charge in [0.05, 0.1) is 34.5 Å². The monoisotopic (exact) mass is 1250 g/mol. The van der Waals surface area contributed by atoms with E-state index in [1.54, 1.807) is 48.7 Å². The Labute approximate surface area is 526 Å². The number of aliphatic hydroxyl groups excluding tert-OH is 1. The molecule has 8 aromatic rings. The van der Waals surface area contributed by atoms with Crippen molar-refractivity contribution in [1.29, 1.82) is 0 Å². The molecular weight excluding hydrogens is 1180 g/mol. The molecule has 3 aliphatic heterocycles.